The lowest BCUT2D eigenvalue weighted by Crippen LogP contribution is -2.19. The minimum atomic E-state index is -0.266. The van der Waals surface area contributed by atoms with Gasteiger partial charge < -0.3 is 15.4 Å². The molecule has 1 amide bonds. The summed E-state index contributed by atoms with van der Waals surface area (Å²) in [6, 6.07) is 11.9. The van der Waals surface area contributed by atoms with Crippen molar-refractivity contribution in [2.75, 3.05) is 12.4 Å². The number of amides is 1. The van der Waals surface area contributed by atoms with Gasteiger partial charge in [-0.2, -0.15) is 0 Å². The molecule has 0 aliphatic heterocycles. The van der Waals surface area contributed by atoms with Gasteiger partial charge in [0.1, 0.15) is 17.2 Å². The standard InChI is InChI=1S/C29H33N5O2/c1-4-24(36-25-14-15-31-27(18-25)28(35)30-3)17-22-19-32-29(34-26(22)5-2)33-23-13-9-12-21(16-23)20-10-7-6-8-11-20/h5,9,12-20H,2,4,6-8,10-11H2,1,3H3,(H,30,35)(H,32,33,34)/b24-17+. The Labute approximate surface area is 212 Å². The van der Waals surface area contributed by atoms with E-state index in [0.29, 0.717) is 41.2 Å². The number of hydrogen-bond acceptors (Lipinski definition) is 6. The van der Waals surface area contributed by atoms with Gasteiger partial charge in [-0.3, -0.25) is 9.78 Å². The van der Waals surface area contributed by atoms with E-state index in [9.17, 15) is 4.79 Å². The van der Waals surface area contributed by atoms with Crippen molar-refractivity contribution in [3.05, 3.63) is 83.6 Å². The zero-order valence-corrected chi connectivity index (χ0v) is 21.0. The second-order valence-corrected chi connectivity index (χ2v) is 8.85. The molecule has 1 aliphatic carbocycles. The molecule has 0 unspecified atom stereocenters. The Morgan fingerprint density at radius 3 is 2.75 bits per heavy atom. The fraction of sp³-hybridized carbons (Fsp3) is 0.310. The number of carbonyl (C=O) groups excluding carboxylic acids is 1. The molecule has 36 heavy (non-hydrogen) atoms. The van der Waals surface area contributed by atoms with Crippen LogP contribution in [0, 0.1) is 0 Å². The number of pyridine rings is 1. The summed E-state index contributed by atoms with van der Waals surface area (Å²) in [6.07, 6.45) is 14.0. The number of allylic oxidation sites excluding steroid dienone is 1. The van der Waals surface area contributed by atoms with Crippen LogP contribution in [0.3, 0.4) is 0 Å². The highest BCUT2D eigenvalue weighted by atomic mass is 16.5. The van der Waals surface area contributed by atoms with E-state index in [1.54, 1.807) is 37.7 Å². The first kappa shape index (κ1) is 25.1. The van der Waals surface area contributed by atoms with Crippen molar-refractivity contribution in [1.82, 2.24) is 20.3 Å². The lowest BCUT2D eigenvalue weighted by Gasteiger charge is -2.22. The summed E-state index contributed by atoms with van der Waals surface area (Å²) >= 11 is 0. The summed E-state index contributed by atoms with van der Waals surface area (Å²) < 4.78 is 6.03. The average Bonchev–Trinajstić information content (AvgIpc) is 2.93. The van der Waals surface area contributed by atoms with Gasteiger partial charge in [0, 0.05) is 43.2 Å². The van der Waals surface area contributed by atoms with Crippen LogP contribution in [0.4, 0.5) is 11.6 Å². The predicted octanol–water partition coefficient (Wildman–Crippen LogP) is 6.50. The van der Waals surface area contributed by atoms with E-state index in [1.807, 2.05) is 19.1 Å². The van der Waals surface area contributed by atoms with E-state index in [0.717, 1.165) is 11.3 Å². The molecule has 0 atom stereocenters. The van der Waals surface area contributed by atoms with Crippen molar-refractivity contribution >= 4 is 29.7 Å². The molecule has 0 bridgehead atoms. The first-order chi connectivity index (χ1) is 17.6. The largest absolute Gasteiger partial charge is 0.462 e. The fourth-order valence-corrected chi connectivity index (χ4v) is 4.43. The number of nitrogens with one attached hydrogen (secondary N) is 2. The van der Waals surface area contributed by atoms with Crippen molar-refractivity contribution < 1.29 is 9.53 Å². The van der Waals surface area contributed by atoms with Gasteiger partial charge in [-0.1, -0.05) is 44.9 Å². The molecule has 4 rings (SSSR count). The smallest absolute Gasteiger partial charge is 0.269 e. The molecule has 1 fully saturated rings. The van der Waals surface area contributed by atoms with Crippen LogP contribution in [-0.4, -0.2) is 27.9 Å². The van der Waals surface area contributed by atoms with E-state index in [2.05, 4.69) is 50.4 Å². The van der Waals surface area contributed by atoms with Crippen LogP contribution in [-0.2, 0) is 0 Å². The number of anilines is 2. The lowest BCUT2D eigenvalue weighted by atomic mass is 9.84. The number of aromatic nitrogens is 3. The molecule has 0 saturated heterocycles. The van der Waals surface area contributed by atoms with Crippen LogP contribution in [0.5, 0.6) is 5.75 Å². The maximum Gasteiger partial charge on any atom is 0.269 e. The van der Waals surface area contributed by atoms with Crippen LogP contribution in [0.15, 0.2) is 61.1 Å². The third kappa shape index (κ3) is 6.36. The molecule has 0 spiro atoms. The molecule has 1 saturated carbocycles. The number of nitrogens with zero attached hydrogens (tertiary/aromatic N) is 3. The highest BCUT2D eigenvalue weighted by Crippen LogP contribution is 2.34. The van der Waals surface area contributed by atoms with Crippen LogP contribution < -0.4 is 15.4 Å². The van der Waals surface area contributed by atoms with Crippen molar-refractivity contribution in [1.29, 1.82) is 0 Å². The summed E-state index contributed by atoms with van der Waals surface area (Å²) in [5.74, 6) is 2.13. The quantitative estimate of drug-likeness (QED) is 0.338. The monoisotopic (exact) mass is 483 g/mol. The van der Waals surface area contributed by atoms with Crippen LogP contribution in [0.25, 0.3) is 12.2 Å². The number of benzene rings is 1. The Morgan fingerprint density at radius 2 is 2.00 bits per heavy atom. The van der Waals surface area contributed by atoms with Crippen molar-refractivity contribution in [3.8, 4) is 5.75 Å². The number of carbonyl (C=O) groups is 1. The van der Waals surface area contributed by atoms with Crippen molar-refractivity contribution in [2.45, 2.75) is 51.4 Å². The molecule has 186 valence electrons. The third-order valence-electron chi connectivity index (χ3n) is 6.37. The Hall–Kier alpha value is -4.00. The third-order valence-corrected chi connectivity index (χ3v) is 6.37. The molecule has 2 heterocycles. The van der Waals surface area contributed by atoms with Gasteiger partial charge in [0.2, 0.25) is 5.95 Å². The topological polar surface area (TPSA) is 89.0 Å². The van der Waals surface area contributed by atoms with E-state index in [1.165, 1.54) is 37.7 Å². The van der Waals surface area contributed by atoms with Gasteiger partial charge in [-0.15, -0.1) is 0 Å². The molecule has 7 heteroatoms. The summed E-state index contributed by atoms with van der Waals surface area (Å²) in [5, 5.41) is 5.92. The summed E-state index contributed by atoms with van der Waals surface area (Å²) in [7, 11) is 1.57. The van der Waals surface area contributed by atoms with Crippen molar-refractivity contribution in [2.24, 2.45) is 0 Å². The molecular weight excluding hydrogens is 450 g/mol. The maximum atomic E-state index is 11.9. The van der Waals surface area contributed by atoms with Gasteiger partial charge >= 0.3 is 0 Å². The van der Waals surface area contributed by atoms with Crippen LogP contribution in [0.1, 0.15) is 78.7 Å². The molecule has 1 aromatic carbocycles. The second kappa shape index (κ2) is 12.1. The van der Waals surface area contributed by atoms with E-state index in [4.69, 9.17) is 4.74 Å². The molecule has 2 aromatic heterocycles. The van der Waals surface area contributed by atoms with E-state index < -0.39 is 0 Å². The number of ether oxygens (including phenoxy) is 1. The molecule has 7 nitrogen and oxygen atoms in total. The summed E-state index contributed by atoms with van der Waals surface area (Å²) in [5.41, 5.74) is 4.15. The molecule has 3 aromatic rings. The number of rotatable bonds is 9. The van der Waals surface area contributed by atoms with Crippen LogP contribution in [0.2, 0.25) is 0 Å². The zero-order valence-electron chi connectivity index (χ0n) is 21.0. The van der Waals surface area contributed by atoms with Crippen molar-refractivity contribution in [3.63, 3.8) is 0 Å². The summed E-state index contributed by atoms with van der Waals surface area (Å²) in [6.45, 7) is 5.93. The fourth-order valence-electron chi connectivity index (χ4n) is 4.43. The van der Waals surface area contributed by atoms with Gasteiger partial charge in [0.25, 0.3) is 5.91 Å². The SMILES string of the molecule is C=Cc1nc(Nc2cccc(C3CCCCC3)c2)ncc1/C=C(\CC)Oc1ccnc(C(=O)NC)c1. The van der Waals surface area contributed by atoms with Crippen LogP contribution >= 0.6 is 0 Å². The molecular formula is C29H33N5O2. The Bertz CT molecular complexity index is 1250. The molecule has 2 N–H and O–H groups in total. The Morgan fingerprint density at radius 1 is 1.17 bits per heavy atom. The van der Waals surface area contributed by atoms with Gasteiger partial charge in [0.05, 0.1) is 5.69 Å². The first-order valence-electron chi connectivity index (χ1n) is 12.5. The number of hydrogen-bond donors (Lipinski definition) is 2. The van der Waals surface area contributed by atoms with Gasteiger partial charge in [0.15, 0.2) is 0 Å². The maximum absolute atomic E-state index is 11.9. The highest BCUT2D eigenvalue weighted by Gasteiger charge is 2.16. The molecule has 0 radical (unpaired) electrons. The predicted molar refractivity (Wildman–Crippen MR) is 144 cm³/mol. The van der Waals surface area contributed by atoms with Gasteiger partial charge in [-0.05, 0) is 54.7 Å². The second-order valence-electron chi connectivity index (χ2n) is 8.85. The Balaban J connectivity index is 1.51. The molecule has 1 aliphatic rings. The lowest BCUT2D eigenvalue weighted by molar-refractivity contribution is 0.0957. The Kier molecular flexibility index (Phi) is 8.44. The summed E-state index contributed by atoms with van der Waals surface area (Å²) in [4.78, 5) is 25.2. The zero-order chi connectivity index (χ0) is 25.3. The average molecular weight is 484 g/mol. The van der Waals surface area contributed by atoms with E-state index in [-0.39, 0.29) is 5.91 Å². The van der Waals surface area contributed by atoms with E-state index >= 15 is 0 Å². The minimum absolute atomic E-state index is 0.266. The highest BCUT2D eigenvalue weighted by molar-refractivity contribution is 5.92. The first-order valence-corrected chi connectivity index (χ1v) is 12.5. The normalized spacial score (nSPS) is 14.2. The minimum Gasteiger partial charge on any atom is -0.462 e. The van der Waals surface area contributed by atoms with Gasteiger partial charge in [-0.25, -0.2) is 9.97 Å².